The number of rotatable bonds is 5. The summed E-state index contributed by atoms with van der Waals surface area (Å²) in [6.07, 6.45) is 5.81. The second-order valence-electron chi connectivity index (χ2n) is 6.47. The third-order valence-corrected chi connectivity index (χ3v) is 3.97. The fraction of sp³-hybridized carbons (Fsp3) is 0.529. The molecule has 1 aliphatic heterocycles. The maximum atomic E-state index is 4.68. The highest BCUT2D eigenvalue weighted by Crippen LogP contribution is 2.32. The van der Waals surface area contributed by atoms with Crippen molar-refractivity contribution in [3.63, 3.8) is 0 Å². The van der Waals surface area contributed by atoms with Gasteiger partial charge in [-0.25, -0.2) is 19.9 Å². The number of likely N-dealkylation sites (tertiary alicyclic amines) is 1. The number of anilines is 2. The first kappa shape index (κ1) is 15.8. The smallest absolute Gasteiger partial charge is 0.228 e. The number of nitrogens with one attached hydrogen (secondary N) is 1. The van der Waals surface area contributed by atoms with Crippen molar-refractivity contribution < 1.29 is 0 Å². The standard InChI is InChI=1S/C17H24N6/c1-12(2)11-23-9-4-6-15(23)14-10-16(21-13(3)20-14)22-17-18-7-5-8-19-17/h5,7-8,10,12,15H,4,6,9,11H2,1-3H3,(H,18,19,20,21,22). The molecule has 1 saturated heterocycles. The van der Waals surface area contributed by atoms with E-state index in [1.165, 1.54) is 6.42 Å². The molecule has 6 heteroatoms. The quantitative estimate of drug-likeness (QED) is 0.915. The average Bonchev–Trinajstić information content (AvgIpc) is 2.95. The Kier molecular flexibility index (Phi) is 4.81. The monoisotopic (exact) mass is 312 g/mol. The molecule has 0 spiro atoms. The minimum Gasteiger partial charge on any atom is -0.309 e. The number of nitrogens with zero attached hydrogens (tertiary/aromatic N) is 5. The third kappa shape index (κ3) is 4.01. The van der Waals surface area contributed by atoms with Crippen LogP contribution < -0.4 is 5.32 Å². The SMILES string of the molecule is Cc1nc(Nc2ncccn2)cc(C2CCCN2CC(C)C)n1. The molecule has 2 aromatic heterocycles. The maximum absolute atomic E-state index is 4.68. The van der Waals surface area contributed by atoms with Crippen LogP contribution in [0.5, 0.6) is 0 Å². The Labute approximate surface area is 137 Å². The van der Waals surface area contributed by atoms with Gasteiger partial charge in [-0.2, -0.15) is 0 Å². The first-order chi connectivity index (χ1) is 11.1. The predicted octanol–water partition coefficient (Wildman–Crippen LogP) is 3.11. The zero-order valence-electron chi connectivity index (χ0n) is 14.0. The molecule has 3 rings (SSSR count). The van der Waals surface area contributed by atoms with Gasteiger partial charge < -0.3 is 5.32 Å². The molecular weight excluding hydrogens is 288 g/mol. The molecule has 1 fully saturated rings. The summed E-state index contributed by atoms with van der Waals surface area (Å²) >= 11 is 0. The van der Waals surface area contributed by atoms with Crippen LogP contribution in [0.1, 0.15) is 44.2 Å². The summed E-state index contributed by atoms with van der Waals surface area (Å²) in [5, 5.41) is 3.17. The first-order valence-corrected chi connectivity index (χ1v) is 8.25. The van der Waals surface area contributed by atoms with E-state index in [4.69, 9.17) is 0 Å². The largest absolute Gasteiger partial charge is 0.309 e. The molecule has 0 radical (unpaired) electrons. The van der Waals surface area contributed by atoms with Crippen molar-refractivity contribution in [1.82, 2.24) is 24.8 Å². The summed E-state index contributed by atoms with van der Waals surface area (Å²) in [5.74, 6) is 2.75. The van der Waals surface area contributed by atoms with Crippen molar-refractivity contribution in [2.45, 2.75) is 39.7 Å². The Balaban J connectivity index is 1.82. The summed E-state index contributed by atoms with van der Waals surface area (Å²) in [4.78, 5) is 20.1. The molecule has 2 aromatic rings. The molecule has 0 saturated carbocycles. The van der Waals surface area contributed by atoms with E-state index in [1.807, 2.05) is 13.0 Å². The molecule has 1 N–H and O–H groups in total. The zero-order chi connectivity index (χ0) is 16.2. The number of hydrogen-bond donors (Lipinski definition) is 1. The third-order valence-electron chi connectivity index (χ3n) is 3.97. The first-order valence-electron chi connectivity index (χ1n) is 8.25. The van der Waals surface area contributed by atoms with Crippen LogP contribution in [0.15, 0.2) is 24.5 Å². The highest BCUT2D eigenvalue weighted by Gasteiger charge is 2.28. The summed E-state index contributed by atoms with van der Waals surface area (Å²) in [5.41, 5.74) is 1.09. The molecule has 23 heavy (non-hydrogen) atoms. The lowest BCUT2D eigenvalue weighted by Gasteiger charge is -2.26. The van der Waals surface area contributed by atoms with E-state index in [-0.39, 0.29) is 0 Å². The Bertz CT molecular complexity index is 643. The van der Waals surface area contributed by atoms with Crippen LogP contribution in [-0.2, 0) is 0 Å². The number of aryl methyl sites for hydroxylation is 1. The molecule has 0 aromatic carbocycles. The van der Waals surface area contributed by atoms with Crippen molar-refractivity contribution in [2.24, 2.45) is 5.92 Å². The van der Waals surface area contributed by atoms with Crippen LogP contribution in [0.4, 0.5) is 11.8 Å². The van der Waals surface area contributed by atoms with Crippen molar-refractivity contribution >= 4 is 11.8 Å². The fourth-order valence-electron chi connectivity index (χ4n) is 3.15. The Morgan fingerprint density at radius 2 is 2.04 bits per heavy atom. The van der Waals surface area contributed by atoms with Crippen molar-refractivity contribution in [3.8, 4) is 0 Å². The summed E-state index contributed by atoms with van der Waals surface area (Å²) in [7, 11) is 0. The molecule has 122 valence electrons. The van der Waals surface area contributed by atoms with Crippen molar-refractivity contribution in [1.29, 1.82) is 0 Å². The predicted molar refractivity (Wildman–Crippen MR) is 90.5 cm³/mol. The van der Waals surface area contributed by atoms with Crippen LogP contribution in [0.3, 0.4) is 0 Å². The normalized spacial score (nSPS) is 18.5. The fourth-order valence-corrected chi connectivity index (χ4v) is 3.15. The molecule has 0 aliphatic carbocycles. The van der Waals surface area contributed by atoms with E-state index in [1.54, 1.807) is 18.5 Å². The van der Waals surface area contributed by atoms with Crippen LogP contribution in [0.2, 0.25) is 0 Å². The molecule has 3 heterocycles. The number of hydrogen-bond acceptors (Lipinski definition) is 6. The van der Waals surface area contributed by atoms with Gasteiger partial charge in [0.25, 0.3) is 0 Å². The topological polar surface area (TPSA) is 66.8 Å². The summed E-state index contributed by atoms with van der Waals surface area (Å²) in [6, 6.07) is 4.22. The molecule has 1 aliphatic rings. The Hall–Kier alpha value is -2.08. The Morgan fingerprint density at radius 3 is 2.78 bits per heavy atom. The van der Waals surface area contributed by atoms with Crippen molar-refractivity contribution in [3.05, 3.63) is 36.0 Å². The van der Waals surface area contributed by atoms with Gasteiger partial charge in [0.2, 0.25) is 5.95 Å². The van der Waals surface area contributed by atoms with Gasteiger partial charge in [-0.15, -0.1) is 0 Å². The molecule has 6 nitrogen and oxygen atoms in total. The lowest BCUT2D eigenvalue weighted by atomic mass is 10.1. The maximum Gasteiger partial charge on any atom is 0.228 e. The van der Waals surface area contributed by atoms with E-state index in [9.17, 15) is 0 Å². The molecule has 0 bridgehead atoms. The highest BCUT2D eigenvalue weighted by molar-refractivity contribution is 5.48. The van der Waals surface area contributed by atoms with Crippen LogP contribution >= 0.6 is 0 Å². The van der Waals surface area contributed by atoms with Gasteiger partial charge in [-0.3, -0.25) is 4.90 Å². The van der Waals surface area contributed by atoms with Crippen LogP contribution in [0, 0.1) is 12.8 Å². The summed E-state index contributed by atoms with van der Waals surface area (Å²) in [6.45, 7) is 8.72. The molecular formula is C17H24N6. The Morgan fingerprint density at radius 1 is 1.26 bits per heavy atom. The van der Waals surface area contributed by atoms with Gasteiger partial charge in [-0.1, -0.05) is 13.8 Å². The van der Waals surface area contributed by atoms with Gasteiger partial charge >= 0.3 is 0 Å². The summed E-state index contributed by atoms with van der Waals surface area (Å²) < 4.78 is 0. The lowest BCUT2D eigenvalue weighted by molar-refractivity contribution is 0.225. The second kappa shape index (κ2) is 7.00. The van der Waals surface area contributed by atoms with Crippen molar-refractivity contribution in [2.75, 3.05) is 18.4 Å². The molecule has 0 amide bonds. The van der Waals surface area contributed by atoms with Crippen LogP contribution in [-0.4, -0.2) is 37.9 Å². The van der Waals surface area contributed by atoms with E-state index < -0.39 is 0 Å². The van der Waals surface area contributed by atoms with Gasteiger partial charge in [-0.05, 0) is 38.3 Å². The van der Waals surface area contributed by atoms with Gasteiger partial charge in [0, 0.05) is 25.0 Å². The highest BCUT2D eigenvalue weighted by atomic mass is 15.2. The molecule has 1 atom stereocenters. The van der Waals surface area contributed by atoms with Gasteiger partial charge in [0.05, 0.1) is 11.7 Å². The minimum atomic E-state index is 0.386. The minimum absolute atomic E-state index is 0.386. The van der Waals surface area contributed by atoms with Crippen LogP contribution in [0.25, 0.3) is 0 Å². The van der Waals surface area contributed by atoms with E-state index >= 15 is 0 Å². The number of aromatic nitrogens is 4. The molecule has 1 unspecified atom stereocenters. The lowest BCUT2D eigenvalue weighted by Crippen LogP contribution is -2.28. The van der Waals surface area contributed by atoms with Gasteiger partial charge in [0.1, 0.15) is 11.6 Å². The zero-order valence-corrected chi connectivity index (χ0v) is 14.0. The van der Waals surface area contributed by atoms with Gasteiger partial charge in [0.15, 0.2) is 0 Å². The second-order valence-corrected chi connectivity index (χ2v) is 6.47. The van der Waals surface area contributed by atoms with E-state index in [2.05, 4.69) is 44.0 Å². The van der Waals surface area contributed by atoms with E-state index in [0.717, 1.165) is 36.8 Å². The van der Waals surface area contributed by atoms with E-state index in [0.29, 0.717) is 17.9 Å². The average molecular weight is 312 g/mol.